The van der Waals surface area contributed by atoms with Gasteiger partial charge in [-0.25, -0.2) is 0 Å². The molecule has 26 heavy (non-hydrogen) atoms. The standard InChI is InChI=1S/C21H33N3O2/c1-16-13-17(2)15-24(14-16)21(25)18(3)22-9-11-23(12-10-22)19-7-5-6-8-20(19)26-4/h5-8,16-18H,9-15H2,1-4H3/p+1/t16-,17-,18+/m0/s1. The molecule has 5 nitrogen and oxygen atoms in total. The third-order valence-electron chi connectivity index (χ3n) is 5.99. The number of hydrogen-bond donors (Lipinski definition) is 1. The van der Waals surface area contributed by atoms with Crippen LogP contribution in [0.1, 0.15) is 27.2 Å². The minimum Gasteiger partial charge on any atom is -0.495 e. The summed E-state index contributed by atoms with van der Waals surface area (Å²) in [4.78, 5) is 18.9. The van der Waals surface area contributed by atoms with Crippen LogP contribution in [-0.4, -0.2) is 63.2 Å². The second kappa shape index (κ2) is 8.30. The molecule has 2 heterocycles. The second-order valence-corrected chi connectivity index (χ2v) is 8.23. The van der Waals surface area contributed by atoms with Gasteiger partial charge in [-0.1, -0.05) is 26.0 Å². The topological polar surface area (TPSA) is 37.2 Å². The minimum atomic E-state index is 0.0484. The zero-order chi connectivity index (χ0) is 18.7. The third kappa shape index (κ3) is 4.14. The van der Waals surface area contributed by atoms with Gasteiger partial charge in [0.2, 0.25) is 0 Å². The quantitative estimate of drug-likeness (QED) is 0.879. The number of hydrogen-bond acceptors (Lipinski definition) is 3. The first kappa shape index (κ1) is 19.0. The van der Waals surface area contributed by atoms with Gasteiger partial charge in [0.25, 0.3) is 5.91 Å². The Morgan fingerprint density at radius 3 is 2.38 bits per heavy atom. The highest BCUT2D eigenvalue weighted by Gasteiger charge is 2.35. The van der Waals surface area contributed by atoms with Crippen molar-refractivity contribution in [2.45, 2.75) is 33.2 Å². The Bertz CT molecular complexity index is 603. The molecule has 1 aromatic carbocycles. The average Bonchev–Trinajstić information content (AvgIpc) is 2.66. The monoisotopic (exact) mass is 360 g/mol. The summed E-state index contributed by atoms with van der Waals surface area (Å²) in [6.07, 6.45) is 1.24. The number of nitrogens with zero attached hydrogens (tertiary/aromatic N) is 2. The van der Waals surface area contributed by atoms with Crippen molar-refractivity contribution in [1.29, 1.82) is 0 Å². The molecule has 3 rings (SSSR count). The van der Waals surface area contributed by atoms with E-state index >= 15 is 0 Å². The zero-order valence-corrected chi connectivity index (χ0v) is 16.7. The summed E-state index contributed by atoms with van der Waals surface area (Å²) in [7, 11) is 1.72. The SMILES string of the molecule is COc1ccccc1N1CC[NH+]([C@H](C)C(=O)N2C[C@@H](C)C[C@H](C)C2)CC1. The lowest BCUT2D eigenvalue weighted by atomic mass is 9.91. The highest BCUT2D eigenvalue weighted by atomic mass is 16.5. The van der Waals surface area contributed by atoms with Gasteiger partial charge in [0.1, 0.15) is 5.75 Å². The first-order valence-corrected chi connectivity index (χ1v) is 10.0. The highest BCUT2D eigenvalue weighted by molar-refractivity contribution is 5.80. The van der Waals surface area contributed by atoms with Crippen LogP contribution in [0.3, 0.4) is 0 Å². The van der Waals surface area contributed by atoms with Crippen molar-refractivity contribution in [3.8, 4) is 5.75 Å². The molecule has 5 heteroatoms. The Hall–Kier alpha value is -1.75. The van der Waals surface area contributed by atoms with E-state index in [1.165, 1.54) is 11.3 Å². The molecule has 1 N–H and O–H groups in total. The number of carbonyl (C=O) groups excluding carboxylic acids is 1. The van der Waals surface area contributed by atoms with E-state index in [1.807, 2.05) is 12.1 Å². The summed E-state index contributed by atoms with van der Waals surface area (Å²) in [6.45, 7) is 12.4. The van der Waals surface area contributed by atoms with Crippen LogP contribution in [0, 0.1) is 11.8 Å². The molecule has 2 fully saturated rings. The van der Waals surface area contributed by atoms with E-state index in [9.17, 15) is 4.79 Å². The first-order valence-electron chi connectivity index (χ1n) is 10.0. The van der Waals surface area contributed by atoms with Gasteiger partial charge in [0.15, 0.2) is 6.04 Å². The van der Waals surface area contributed by atoms with Crippen LogP contribution >= 0.6 is 0 Å². The Morgan fingerprint density at radius 1 is 1.15 bits per heavy atom. The maximum atomic E-state index is 13.0. The molecule has 0 aliphatic carbocycles. The number of methoxy groups -OCH3 is 1. The maximum absolute atomic E-state index is 13.0. The van der Waals surface area contributed by atoms with Gasteiger partial charge in [-0.2, -0.15) is 0 Å². The van der Waals surface area contributed by atoms with E-state index in [0.717, 1.165) is 50.7 Å². The van der Waals surface area contributed by atoms with E-state index in [4.69, 9.17) is 4.74 Å². The lowest BCUT2D eigenvalue weighted by Gasteiger charge is -2.40. The third-order valence-corrected chi connectivity index (χ3v) is 5.99. The van der Waals surface area contributed by atoms with Crippen LogP contribution in [0.4, 0.5) is 5.69 Å². The van der Waals surface area contributed by atoms with Crippen molar-refractivity contribution in [1.82, 2.24) is 4.90 Å². The zero-order valence-electron chi connectivity index (χ0n) is 16.7. The Kier molecular flexibility index (Phi) is 6.07. The van der Waals surface area contributed by atoms with E-state index < -0.39 is 0 Å². The summed E-state index contributed by atoms with van der Waals surface area (Å²) in [5.74, 6) is 2.50. The molecule has 0 unspecified atom stereocenters. The van der Waals surface area contributed by atoms with Crippen LogP contribution in [-0.2, 0) is 4.79 Å². The van der Waals surface area contributed by atoms with Crippen LogP contribution in [0.5, 0.6) is 5.75 Å². The van der Waals surface area contributed by atoms with Gasteiger partial charge >= 0.3 is 0 Å². The number of nitrogens with one attached hydrogen (secondary N) is 1. The fourth-order valence-corrected chi connectivity index (χ4v) is 4.65. The van der Waals surface area contributed by atoms with Crippen molar-refractivity contribution < 1.29 is 14.4 Å². The number of ether oxygens (including phenoxy) is 1. The molecule has 3 atom stereocenters. The van der Waals surface area contributed by atoms with Crippen LogP contribution < -0.4 is 14.5 Å². The van der Waals surface area contributed by atoms with Gasteiger partial charge in [-0.05, 0) is 37.3 Å². The van der Waals surface area contributed by atoms with Gasteiger partial charge in [-0.3, -0.25) is 4.79 Å². The number of quaternary nitrogens is 1. The summed E-state index contributed by atoms with van der Waals surface area (Å²) >= 11 is 0. The molecule has 144 valence electrons. The molecule has 0 aromatic heterocycles. The van der Waals surface area contributed by atoms with Gasteiger partial charge in [0, 0.05) is 13.1 Å². The van der Waals surface area contributed by atoms with E-state index in [0.29, 0.717) is 17.7 Å². The Labute approximate surface area is 157 Å². The number of para-hydroxylation sites is 2. The molecule has 0 radical (unpaired) electrons. The smallest absolute Gasteiger partial charge is 0.280 e. The number of amides is 1. The van der Waals surface area contributed by atoms with Crippen LogP contribution in [0.15, 0.2) is 24.3 Å². The van der Waals surface area contributed by atoms with Gasteiger partial charge < -0.3 is 19.4 Å². The van der Waals surface area contributed by atoms with Crippen molar-refractivity contribution >= 4 is 11.6 Å². The Balaban J connectivity index is 1.58. The summed E-state index contributed by atoms with van der Waals surface area (Å²) in [5.41, 5.74) is 1.16. The second-order valence-electron chi connectivity index (χ2n) is 8.23. The molecule has 0 bridgehead atoms. The number of anilines is 1. The fraction of sp³-hybridized carbons (Fsp3) is 0.667. The lowest BCUT2D eigenvalue weighted by molar-refractivity contribution is -0.915. The fourth-order valence-electron chi connectivity index (χ4n) is 4.65. The molecular formula is C21H34N3O2+. The lowest BCUT2D eigenvalue weighted by Crippen LogP contribution is -3.19. The molecule has 2 saturated heterocycles. The molecule has 2 aliphatic heterocycles. The molecular weight excluding hydrogens is 326 g/mol. The number of likely N-dealkylation sites (tertiary alicyclic amines) is 1. The van der Waals surface area contributed by atoms with Gasteiger partial charge in [-0.15, -0.1) is 0 Å². The molecule has 2 aliphatic rings. The molecule has 0 saturated carbocycles. The van der Waals surface area contributed by atoms with Crippen molar-refractivity contribution in [3.05, 3.63) is 24.3 Å². The van der Waals surface area contributed by atoms with Crippen LogP contribution in [0.25, 0.3) is 0 Å². The van der Waals surface area contributed by atoms with Crippen molar-refractivity contribution in [2.75, 3.05) is 51.3 Å². The number of piperidine rings is 1. The molecule has 1 amide bonds. The number of benzene rings is 1. The van der Waals surface area contributed by atoms with E-state index in [-0.39, 0.29) is 6.04 Å². The summed E-state index contributed by atoms with van der Waals surface area (Å²) < 4.78 is 5.50. The van der Waals surface area contributed by atoms with Crippen molar-refractivity contribution in [2.24, 2.45) is 11.8 Å². The van der Waals surface area contributed by atoms with Crippen molar-refractivity contribution in [3.63, 3.8) is 0 Å². The van der Waals surface area contributed by atoms with E-state index in [2.05, 4.69) is 42.7 Å². The first-order chi connectivity index (χ1) is 12.5. The Morgan fingerprint density at radius 2 is 1.77 bits per heavy atom. The van der Waals surface area contributed by atoms with E-state index in [1.54, 1.807) is 7.11 Å². The number of carbonyl (C=O) groups is 1. The predicted octanol–water partition coefficient (Wildman–Crippen LogP) is 1.29. The average molecular weight is 361 g/mol. The predicted molar refractivity (Wildman–Crippen MR) is 105 cm³/mol. The largest absolute Gasteiger partial charge is 0.495 e. The minimum absolute atomic E-state index is 0.0484. The summed E-state index contributed by atoms with van der Waals surface area (Å²) in [5, 5.41) is 0. The maximum Gasteiger partial charge on any atom is 0.280 e. The summed E-state index contributed by atoms with van der Waals surface area (Å²) in [6, 6.07) is 8.24. The molecule has 0 spiro atoms. The van der Waals surface area contributed by atoms with Crippen LogP contribution in [0.2, 0.25) is 0 Å². The molecule has 1 aromatic rings. The normalized spacial score (nSPS) is 25.8. The number of rotatable bonds is 4. The highest BCUT2D eigenvalue weighted by Crippen LogP contribution is 2.27. The van der Waals surface area contributed by atoms with Gasteiger partial charge in [0.05, 0.1) is 39.0 Å². The number of piperazine rings is 1.